The van der Waals surface area contributed by atoms with Gasteiger partial charge in [-0.1, -0.05) is 212 Å². The third-order valence-corrected chi connectivity index (χ3v) is 16.8. The molecule has 0 radical (unpaired) electrons. The first-order valence-corrected chi connectivity index (χ1v) is 26.6. The van der Waals surface area contributed by atoms with Crippen LogP contribution in [0.1, 0.15) is 44.5 Å². The van der Waals surface area contributed by atoms with Gasteiger partial charge in [0.15, 0.2) is 0 Å². The van der Waals surface area contributed by atoms with Gasteiger partial charge < -0.3 is 14.4 Å². The Labute approximate surface area is 448 Å². The minimum atomic E-state index is -0.556. The van der Waals surface area contributed by atoms with E-state index in [4.69, 9.17) is 9.47 Å². The van der Waals surface area contributed by atoms with E-state index in [1.165, 1.54) is 50.1 Å². The second-order valence-corrected chi connectivity index (χ2v) is 20.6. The number of benzene rings is 12. The molecule has 0 saturated heterocycles. The molecule has 0 fully saturated rings. The summed E-state index contributed by atoms with van der Waals surface area (Å²) in [6.07, 6.45) is 0. The van der Waals surface area contributed by atoms with Crippen LogP contribution >= 0.6 is 0 Å². The molecular weight excluding hydrogens is 935 g/mol. The number of nitrogens with zero attached hydrogens (tertiary/aromatic N) is 1. The Bertz CT molecular complexity index is 4270. The van der Waals surface area contributed by atoms with Crippen molar-refractivity contribution in [1.29, 1.82) is 0 Å². The van der Waals surface area contributed by atoms with Gasteiger partial charge in [0.2, 0.25) is 0 Å². The average molecular weight is 982 g/mol. The highest BCUT2D eigenvalue weighted by Gasteiger charge is 2.52. The van der Waals surface area contributed by atoms with Gasteiger partial charge in [-0.15, -0.1) is 0 Å². The van der Waals surface area contributed by atoms with E-state index in [-0.39, 0.29) is 0 Å². The molecule has 12 aromatic carbocycles. The topological polar surface area (TPSA) is 21.7 Å². The summed E-state index contributed by atoms with van der Waals surface area (Å²) < 4.78 is 13.3. The molecule has 2 spiro atoms. The summed E-state index contributed by atoms with van der Waals surface area (Å²) in [5, 5.41) is 0. The number of anilines is 3. The molecule has 0 aromatic heterocycles. The summed E-state index contributed by atoms with van der Waals surface area (Å²) in [6.45, 7) is 0. The maximum atomic E-state index is 6.67. The van der Waals surface area contributed by atoms with Crippen LogP contribution in [-0.4, -0.2) is 0 Å². The van der Waals surface area contributed by atoms with E-state index >= 15 is 0 Å². The van der Waals surface area contributed by atoms with Crippen LogP contribution in [0.3, 0.4) is 0 Å². The molecule has 12 aromatic rings. The molecule has 0 bridgehead atoms. The van der Waals surface area contributed by atoms with Crippen LogP contribution < -0.4 is 14.4 Å². The van der Waals surface area contributed by atoms with Crippen molar-refractivity contribution in [2.45, 2.75) is 10.8 Å². The van der Waals surface area contributed by atoms with E-state index < -0.39 is 10.8 Å². The number of para-hydroxylation sites is 4. The highest BCUT2D eigenvalue weighted by Crippen LogP contribution is 2.64. The molecule has 3 nitrogen and oxygen atoms in total. The monoisotopic (exact) mass is 981 g/mol. The number of hydrogen-bond donors (Lipinski definition) is 0. The predicted molar refractivity (Wildman–Crippen MR) is 312 cm³/mol. The quantitative estimate of drug-likeness (QED) is 0.166. The van der Waals surface area contributed by atoms with Crippen molar-refractivity contribution >= 4 is 17.1 Å². The Morgan fingerprint density at radius 3 is 1.00 bits per heavy atom. The summed E-state index contributed by atoms with van der Waals surface area (Å²) in [5.74, 6) is 3.57. The maximum absolute atomic E-state index is 6.67. The van der Waals surface area contributed by atoms with Crippen LogP contribution in [0.4, 0.5) is 17.1 Å². The zero-order valence-corrected chi connectivity index (χ0v) is 41.9. The predicted octanol–water partition coefficient (Wildman–Crippen LogP) is 19.1. The zero-order valence-electron chi connectivity index (χ0n) is 41.9. The Balaban J connectivity index is 0.833. The molecule has 0 amide bonds. The Hall–Kier alpha value is -9.96. The Morgan fingerprint density at radius 1 is 0.208 bits per heavy atom. The van der Waals surface area contributed by atoms with Crippen molar-refractivity contribution in [3.8, 4) is 78.6 Å². The average Bonchev–Trinajstić information content (AvgIpc) is 3.90. The van der Waals surface area contributed by atoms with E-state index in [9.17, 15) is 0 Å². The van der Waals surface area contributed by atoms with Gasteiger partial charge in [0.05, 0.1) is 10.8 Å². The Kier molecular flexibility index (Phi) is 9.47. The SMILES string of the molecule is c1ccc(-c2cccc(N(c3ccc(-c4ccc5c(c4)C4(c6ccccc6Oc6ccccc64)c4ccccc4-5)cc3)c3cccc(-c4ccc5c(c4)C4(c6ccccc6Oc6ccccc64)c4ccccc4-5)c3)c2)cc1. The standard InChI is InChI=1S/C74H47NO2/c1-2-18-48(19-3-1)50-20-16-22-55(44-50)75(54-40-36-49(37-41-54)52-38-42-59-57-24-4-6-26-61(57)73(67(59)46-52)63-28-8-12-32-69(63)76-70-33-13-9-29-64(70)73)56-23-17-21-51(45-56)53-39-43-60-58-25-5-7-27-62(58)74(68(60)47-53)65-30-10-14-34-71(65)77-72-35-15-11-31-66(72)74/h1-47H. The van der Waals surface area contributed by atoms with E-state index in [1.807, 2.05) is 0 Å². The van der Waals surface area contributed by atoms with Crippen LogP contribution in [0.2, 0.25) is 0 Å². The molecule has 360 valence electrons. The molecule has 0 saturated carbocycles. The van der Waals surface area contributed by atoms with Crippen molar-refractivity contribution in [3.05, 3.63) is 330 Å². The number of rotatable bonds is 6. The van der Waals surface area contributed by atoms with E-state index in [2.05, 4.69) is 290 Å². The van der Waals surface area contributed by atoms with Gasteiger partial charge in [0, 0.05) is 39.3 Å². The summed E-state index contributed by atoms with van der Waals surface area (Å²) in [7, 11) is 0. The lowest BCUT2D eigenvalue weighted by Gasteiger charge is -2.39. The third-order valence-electron chi connectivity index (χ3n) is 16.8. The van der Waals surface area contributed by atoms with Gasteiger partial charge in [-0.05, 0) is 151 Å². The second-order valence-electron chi connectivity index (χ2n) is 20.6. The van der Waals surface area contributed by atoms with Crippen molar-refractivity contribution in [2.75, 3.05) is 4.90 Å². The van der Waals surface area contributed by atoms with Crippen molar-refractivity contribution in [2.24, 2.45) is 0 Å². The molecule has 16 rings (SSSR count). The lowest BCUT2D eigenvalue weighted by molar-refractivity contribution is 0.436. The lowest BCUT2D eigenvalue weighted by atomic mass is 9.66. The second kappa shape index (κ2) is 16.8. The molecule has 2 aliphatic heterocycles. The first kappa shape index (κ1) is 43.4. The van der Waals surface area contributed by atoms with Gasteiger partial charge in [-0.25, -0.2) is 0 Å². The number of ether oxygens (including phenoxy) is 2. The van der Waals surface area contributed by atoms with Crippen LogP contribution in [-0.2, 0) is 10.8 Å². The minimum Gasteiger partial charge on any atom is -0.457 e. The smallest absolute Gasteiger partial charge is 0.132 e. The van der Waals surface area contributed by atoms with Crippen LogP contribution in [0, 0.1) is 0 Å². The molecular formula is C74H47NO2. The van der Waals surface area contributed by atoms with Crippen LogP contribution in [0.5, 0.6) is 23.0 Å². The van der Waals surface area contributed by atoms with Crippen molar-refractivity contribution < 1.29 is 9.47 Å². The highest BCUT2D eigenvalue weighted by molar-refractivity contribution is 5.93. The first-order valence-electron chi connectivity index (χ1n) is 26.6. The molecule has 0 unspecified atom stereocenters. The van der Waals surface area contributed by atoms with Gasteiger partial charge in [0.25, 0.3) is 0 Å². The molecule has 0 N–H and O–H groups in total. The normalized spacial score (nSPS) is 13.9. The number of fused-ring (bicyclic) bond motifs is 18. The van der Waals surface area contributed by atoms with Gasteiger partial charge in [0.1, 0.15) is 23.0 Å². The Morgan fingerprint density at radius 2 is 0.532 bits per heavy atom. The summed E-state index contributed by atoms with van der Waals surface area (Å²) >= 11 is 0. The van der Waals surface area contributed by atoms with E-state index in [0.29, 0.717) is 0 Å². The van der Waals surface area contributed by atoms with Crippen LogP contribution in [0.25, 0.3) is 55.6 Å². The summed E-state index contributed by atoms with van der Waals surface area (Å²) in [5.41, 5.74) is 23.8. The van der Waals surface area contributed by atoms with Gasteiger partial charge >= 0.3 is 0 Å². The minimum absolute atomic E-state index is 0.540. The molecule has 3 heteroatoms. The molecule has 2 heterocycles. The van der Waals surface area contributed by atoms with Gasteiger partial charge in [-0.2, -0.15) is 0 Å². The van der Waals surface area contributed by atoms with E-state index in [1.54, 1.807) is 0 Å². The number of hydrogen-bond acceptors (Lipinski definition) is 3. The van der Waals surface area contributed by atoms with Crippen LogP contribution in [0.15, 0.2) is 285 Å². The first-order chi connectivity index (χ1) is 38.2. The molecule has 2 aliphatic carbocycles. The zero-order chi connectivity index (χ0) is 50.7. The summed E-state index contributed by atoms with van der Waals surface area (Å²) in [4.78, 5) is 2.40. The van der Waals surface area contributed by atoms with E-state index in [0.717, 1.165) is 90.1 Å². The fourth-order valence-electron chi connectivity index (χ4n) is 13.6. The van der Waals surface area contributed by atoms with Crippen molar-refractivity contribution in [3.63, 3.8) is 0 Å². The molecule has 4 aliphatic rings. The fraction of sp³-hybridized carbons (Fsp3) is 0.0270. The summed E-state index contributed by atoms with van der Waals surface area (Å²) in [6, 6.07) is 104. The fourth-order valence-corrected chi connectivity index (χ4v) is 13.6. The lowest BCUT2D eigenvalue weighted by Crippen LogP contribution is -2.32. The maximum Gasteiger partial charge on any atom is 0.132 e. The third kappa shape index (κ3) is 6.26. The van der Waals surface area contributed by atoms with Gasteiger partial charge in [-0.3, -0.25) is 0 Å². The largest absolute Gasteiger partial charge is 0.457 e. The molecule has 77 heavy (non-hydrogen) atoms. The van der Waals surface area contributed by atoms with Crippen molar-refractivity contribution in [1.82, 2.24) is 0 Å². The molecule has 0 atom stereocenters. The highest BCUT2D eigenvalue weighted by atomic mass is 16.5.